The summed E-state index contributed by atoms with van der Waals surface area (Å²) >= 11 is 0. The zero-order chi connectivity index (χ0) is 14.0. The minimum absolute atomic E-state index is 0.719. The summed E-state index contributed by atoms with van der Waals surface area (Å²) in [6, 6.07) is 6.94. The van der Waals surface area contributed by atoms with Gasteiger partial charge in [-0.15, -0.1) is 0 Å². The Bertz CT molecular complexity index is 450. The van der Waals surface area contributed by atoms with Crippen LogP contribution in [-0.4, -0.2) is 20.1 Å². The molecule has 1 spiro atoms. The molecule has 1 aliphatic carbocycles. The summed E-state index contributed by atoms with van der Waals surface area (Å²) in [5.41, 5.74) is 4.99. The van der Waals surface area contributed by atoms with Gasteiger partial charge in [-0.1, -0.05) is 25.0 Å². The summed E-state index contributed by atoms with van der Waals surface area (Å²) in [7, 11) is 2.01. The molecule has 110 valence electrons. The summed E-state index contributed by atoms with van der Waals surface area (Å²) in [6.45, 7) is 5.73. The number of hydrogen-bond donors (Lipinski definition) is 1. The molecule has 0 bridgehead atoms. The van der Waals surface area contributed by atoms with Gasteiger partial charge < -0.3 is 10.2 Å². The number of benzene rings is 1. The van der Waals surface area contributed by atoms with Crippen molar-refractivity contribution < 1.29 is 0 Å². The molecule has 2 nitrogen and oxygen atoms in total. The molecule has 0 aromatic heterocycles. The number of aryl methyl sites for hydroxylation is 1. The van der Waals surface area contributed by atoms with E-state index in [1.807, 2.05) is 7.05 Å². The molecule has 2 fully saturated rings. The van der Waals surface area contributed by atoms with E-state index < -0.39 is 0 Å². The van der Waals surface area contributed by atoms with Crippen molar-refractivity contribution in [1.29, 1.82) is 0 Å². The second-order valence-corrected chi connectivity index (χ2v) is 6.85. The number of hydrogen-bond acceptors (Lipinski definition) is 2. The molecular weight excluding hydrogens is 244 g/mol. The summed E-state index contributed by atoms with van der Waals surface area (Å²) in [4.78, 5) is 2.61. The lowest BCUT2D eigenvalue weighted by atomic mass is 9.77. The Hall–Kier alpha value is -1.02. The molecular formula is C18H28N2. The number of anilines is 1. The zero-order valence-corrected chi connectivity index (χ0v) is 13.0. The van der Waals surface area contributed by atoms with Crippen LogP contribution < -0.4 is 10.2 Å². The molecule has 1 aliphatic heterocycles. The van der Waals surface area contributed by atoms with Crippen LogP contribution in [0.15, 0.2) is 18.2 Å². The van der Waals surface area contributed by atoms with Crippen molar-refractivity contribution in [2.45, 2.75) is 52.0 Å². The average Bonchev–Trinajstić information content (AvgIpc) is 2.89. The Morgan fingerprint density at radius 1 is 1.10 bits per heavy atom. The van der Waals surface area contributed by atoms with Crippen LogP contribution in [0, 0.1) is 12.3 Å². The lowest BCUT2D eigenvalue weighted by molar-refractivity contribution is 0.226. The van der Waals surface area contributed by atoms with Gasteiger partial charge in [0.15, 0.2) is 0 Å². The number of rotatable bonds is 3. The third kappa shape index (κ3) is 2.71. The average molecular weight is 272 g/mol. The van der Waals surface area contributed by atoms with Crippen LogP contribution in [0.25, 0.3) is 0 Å². The van der Waals surface area contributed by atoms with Crippen LogP contribution in [-0.2, 0) is 6.54 Å². The van der Waals surface area contributed by atoms with Crippen molar-refractivity contribution in [2.75, 3.05) is 25.0 Å². The van der Waals surface area contributed by atoms with Gasteiger partial charge in [-0.05, 0) is 62.3 Å². The fourth-order valence-corrected chi connectivity index (χ4v) is 4.23. The highest BCUT2D eigenvalue weighted by molar-refractivity contribution is 5.54. The molecule has 2 aliphatic rings. The van der Waals surface area contributed by atoms with Gasteiger partial charge in [0.2, 0.25) is 0 Å². The number of nitrogens with zero attached hydrogens (tertiary/aromatic N) is 1. The van der Waals surface area contributed by atoms with E-state index in [0.29, 0.717) is 0 Å². The summed E-state index contributed by atoms with van der Waals surface area (Å²) in [5.74, 6) is 0. The van der Waals surface area contributed by atoms with Crippen molar-refractivity contribution >= 4 is 5.69 Å². The van der Waals surface area contributed by atoms with E-state index >= 15 is 0 Å². The van der Waals surface area contributed by atoms with Gasteiger partial charge >= 0.3 is 0 Å². The molecule has 0 unspecified atom stereocenters. The van der Waals surface area contributed by atoms with Crippen LogP contribution in [0.1, 0.15) is 49.7 Å². The van der Waals surface area contributed by atoms with Crippen molar-refractivity contribution in [2.24, 2.45) is 5.41 Å². The Balaban J connectivity index is 1.68. The van der Waals surface area contributed by atoms with Gasteiger partial charge in [0.1, 0.15) is 0 Å². The smallest absolute Gasteiger partial charge is 0.0396 e. The minimum Gasteiger partial charge on any atom is -0.371 e. The first-order valence-corrected chi connectivity index (χ1v) is 8.22. The van der Waals surface area contributed by atoms with E-state index in [4.69, 9.17) is 0 Å². The number of nitrogens with one attached hydrogen (secondary N) is 1. The van der Waals surface area contributed by atoms with Crippen molar-refractivity contribution in [1.82, 2.24) is 5.32 Å². The standard InChI is InChI=1S/C18H28N2/c1-15-13-16(14-19-2)5-6-17(15)20-11-9-18(10-12-20)7-3-4-8-18/h5-6,13,19H,3-4,7-12,14H2,1-2H3. The normalized spacial score (nSPS) is 21.6. The van der Waals surface area contributed by atoms with E-state index in [0.717, 1.165) is 12.0 Å². The number of piperidine rings is 1. The highest BCUT2D eigenvalue weighted by Gasteiger charge is 2.37. The predicted molar refractivity (Wildman–Crippen MR) is 86.3 cm³/mol. The Morgan fingerprint density at radius 3 is 2.40 bits per heavy atom. The van der Waals surface area contributed by atoms with Gasteiger partial charge in [0, 0.05) is 25.3 Å². The van der Waals surface area contributed by atoms with E-state index in [1.165, 1.54) is 68.4 Å². The third-order valence-corrected chi connectivity index (χ3v) is 5.47. The lowest BCUT2D eigenvalue weighted by Crippen LogP contribution is -2.39. The SMILES string of the molecule is CNCc1ccc(N2CCC3(CCCC3)CC2)c(C)c1. The quantitative estimate of drug-likeness (QED) is 0.898. The Kier molecular flexibility index (Phi) is 4.02. The molecule has 0 radical (unpaired) electrons. The molecule has 1 heterocycles. The van der Waals surface area contributed by atoms with Gasteiger partial charge in [0.05, 0.1) is 0 Å². The second-order valence-electron chi connectivity index (χ2n) is 6.85. The van der Waals surface area contributed by atoms with Crippen LogP contribution >= 0.6 is 0 Å². The van der Waals surface area contributed by atoms with Crippen LogP contribution in [0.5, 0.6) is 0 Å². The van der Waals surface area contributed by atoms with Gasteiger partial charge in [-0.25, -0.2) is 0 Å². The van der Waals surface area contributed by atoms with E-state index in [2.05, 4.69) is 35.3 Å². The molecule has 1 saturated carbocycles. The molecule has 1 aromatic rings. The van der Waals surface area contributed by atoms with Crippen LogP contribution in [0.2, 0.25) is 0 Å². The fourth-order valence-electron chi connectivity index (χ4n) is 4.23. The maximum absolute atomic E-state index is 3.23. The Labute approximate surface area is 123 Å². The molecule has 0 amide bonds. The predicted octanol–water partition coefficient (Wildman–Crippen LogP) is 3.88. The summed E-state index contributed by atoms with van der Waals surface area (Å²) in [5, 5.41) is 3.23. The highest BCUT2D eigenvalue weighted by atomic mass is 15.1. The second kappa shape index (κ2) is 5.77. The van der Waals surface area contributed by atoms with Gasteiger partial charge in [-0.2, -0.15) is 0 Å². The first-order chi connectivity index (χ1) is 9.72. The van der Waals surface area contributed by atoms with E-state index in [1.54, 1.807) is 0 Å². The zero-order valence-electron chi connectivity index (χ0n) is 13.0. The summed E-state index contributed by atoms with van der Waals surface area (Å²) in [6.07, 6.45) is 8.73. The maximum atomic E-state index is 3.23. The van der Waals surface area contributed by atoms with Crippen LogP contribution in [0.3, 0.4) is 0 Å². The van der Waals surface area contributed by atoms with Crippen LogP contribution in [0.4, 0.5) is 5.69 Å². The molecule has 3 rings (SSSR count). The largest absolute Gasteiger partial charge is 0.371 e. The molecule has 20 heavy (non-hydrogen) atoms. The topological polar surface area (TPSA) is 15.3 Å². The maximum Gasteiger partial charge on any atom is 0.0396 e. The van der Waals surface area contributed by atoms with Crippen molar-refractivity contribution in [3.63, 3.8) is 0 Å². The summed E-state index contributed by atoms with van der Waals surface area (Å²) < 4.78 is 0. The minimum atomic E-state index is 0.719. The Morgan fingerprint density at radius 2 is 1.80 bits per heavy atom. The fraction of sp³-hybridized carbons (Fsp3) is 0.667. The van der Waals surface area contributed by atoms with Crippen molar-refractivity contribution in [3.8, 4) is 0 Å². The molecule has 1 saturated heterocycles. The highest BCUT2D eigenvalue weighted by Crippen LogP contribution is 2.46. The van der Waals surface area contributed by atoms with Gasteiger partial charge in [-0.3, -0.25) is 0 Å². The first kappa shape index (κ1) is 13.9. The van der Waals surface area contributed by atoms with E-state index in [9.17, 15) is 0 Å². The van der Waals surface area contributed by atoms with Crippen molar-refractivity contribution in [3.05, 3.63) is 29.3 Å². The van der Waals surface area contributed by atoms with E-state index in [-0.39, 0.29) is 0 Å². The molecule has 1 N–H and O–H groups in total. The third-order valence-electron chi connectivity index (χ3n) is 5.47. The van der Waals surface area contributed by atoms with Gasteiger partial charge in [0.25, 0.3) is 0 Å². The molecule has 0 atom stereocenters. The molecule has 1 aromatic carbocycles. The first-order valence-electron chi connectivity index (χ1n) is 8.22. The molecule has 2 heteroatoms. The monoisotopic (exact) mass is 272 g/mol. The lowest BCUT2D eigenvalue weighted by Gasteiger charge is -2.41.